The molecule has 0 aliphatic heterocycles. The lowest BCUT2D eigenvalue weighted by Gasteiger charge is -1.92. The lowest BCUT2D eigenvalue weighted by Crippen LogP contribution is -2.22. The average molecular weight is 296 g/mol. The molecule has 2 aromatic heterocycles. The van der Waals surface area contributed by atoms with Gasteiger partial charge in [-0.2, -0.15) is 0 Å². The molecule has 21 heavy (non-hydrogen) atoms. The first kappa shape index (κ1) is 12.2. The van der Waals surface area contributed by atoms with Crippen LogP contribution in [0.3, 0.4) is 0 Å². The van der Waals surface area contributed by atoms with E-state index in [9.17, 15) is 9.18 Å². The van der Waals surface area contributed by atoms with Gasteiger partial charge in [-0.1, -0.05) is 41.7 Å². The average Bonchev–Trinajstić information content (AvgIpc) is 2.99. The number of para-hydroxylation sites is 2. The van der Waals surface area contributed by atoms with Gasteiger partial charge in [0.25, 0.3) is 5.56 Å². The molecule has 102 valence electrons. The number of benzene rings is 2. The number of imidazole rings is 1. The van der Waals surface area contributed by atoms with Crippen molar-refractivity contribution in [3.05, 3.63) is 74.8 Å². The molecular formula is C16H9FN2OS. The maximum atomic E-state index is 13.7. The Bertz CT molecular complexity index is 1080. The summed E-state index contributed by atoms with van der Waals surface area (Å²) in [5.41, 5.74) is 1.82. The van der Waals surface area contributed by atoms with Gasteiger partial charge in [-0.05, 0) is 24.3 Å². The van der Waals surface area contributed by atoms with E-state index in [1.54, 1.807) is 28.7 Å². The van der Waals surface area contributed by atoms with E-state index < -0.39 is 0 Å². The molecule has 0 N–H and O–H groups in total. The minimum Gasteiger partial charge on any atom is -0.267 e. The van der Waals surface area contributed by atoms with E-state index in [1.807, 2.05) is 24.3 Å². The summed E-state index contributed by atoms with van der Waals surface area (Å²) in [5.74, 6) is -0.340. The normalized spacial score (nSPS) is 12.5. The van der Waals surface area contributed by atoms with Crippen molar-refractivity contribution in [3.8, 4) is 0 Å². The monoisotopic (exact) mass is 296 g/mol. The predicted octanol–water partition coefficient (Wildman–Crippen LogP) is 2.60. The Balaban J connectivity index is 2.06. The van der Waals surface area contributed by atoms with E-state index in [4.69, 9.17) is 0 Å². The molecule has 4 aromatic rings. The smallest absolute Gasteiger partial charge is 0.267 e. The van der Waals surface area contributed by atoms with Gasteiger partial charge in [-0.15, -0.1) is 0 Å². The van der Waals surface area contributed by atoms with Gasteiger partial charge in [0.15, 0.2) is 4.96 Å². The van der Waals surface area contributed by atoms with Crippen molar-refractivity contribution < 1.29 is 4.39 Å². The predicted molar refractivity (Wildman–Crippen MR) is 82.0 cm³/mol. The largest absolute Gasteiger partial charge is 0.274 e. The van der Waals surface area contributed by atoms with Crippen LogP contribution in [-0.2, 0) is 0 Å². The Hall–Kier alpha value is -2.53. The lowest BCUT2D eigenvalue weighted by molar-refractivity contribution is 0.625. The molecule has 0 saturated heterocycles. The number of hydrogen-bond donors (Lipinski definition) is 0. The van der Waals surface area contributed by atoms with Gasteiger partial charge in [0.1, 0.15) is 5.82 Å². The second-order valence-electron chi connectivity index (χ2n) is 4.66. The Kier molecular flexibility index (Phi) is 2.62. The maximum absolute atomic E-state index is 13.7. The summed E-state index contributed by atoms with van der Waals surface area (Å²) in [6.07, 6.45) is 1.58. The van der Waals surface area contributed by atoms with E-state index in [2.05, 4.69) is 4.98 Å². The van der Waals surface area contributed by atoms with Crippen molar-refractivity contribution in [1.82, 2.24) is 9.38 Å². The van der Waals surface area contributed by atoms with E-state index in [-0.39, 0.29) is 11.4 Å². The van der Waals surface area contributed by atoms with Gasteiger partial charge in [-0.25, -0.2) is 13.8 Å². The Morgan fingerprint density at radius 3 is 2.71 bits per heavy atom. The molecule has 0 bridgehead atoms. The summed E-state index contributed by atoms with van der Waals surface area (Å²) in [6.45, 7) is 0. The van der Waals surface area contributed by atoms with Crippen LogP contribution in [0.5, 0.6) is 0 Å². The third-order valence-electron chi connectivity index (χ3n) is 3.34. The number of fused-ring (bicyclic) bond motifs is 3. The molecular weight excluding hydrogens is 287 g/mol. The fourth-order valence-electron chi connectivity index (χ4n) is 2.35. The molecule has 0 spiro atoms. The third kappa shape index (κ3) is 1.86. The number of thiazole rings is 1. The molecule has 0 atom stereocenters. The van der Waals surface area contributed by atoms with Crippen molar-refractivity contribution in [2.24, 2.45) is 0 Å². The number of aromatic nitrogens is 2. The van der Waals surface area contributed by atoms with Gasteiger partial charge in [0.05, 0.1) is 15.6 Å². The summed E-state index contributed by atoms with van der Waals surface area (Å²) in [7, 11) is 0. The molecule has 2 aromatic carbocycles. The zero-order chi connectivity index (χ0) is 14.4. The second kappa shape index (κ2) is 4.49. The van der Waals surface area contributed by atoms with Gasteiger partial charge in [-0.3, -0.25) is 4.79 Å². The summed E-state index contributed by atoms with van der Waals surface area (Å²) in [6, 6.07) is 13.9. The standard InChI is InChI=1S/C16H9FN2OS/c17-11-6-2-1-5-10(11)9-14-15(20)19-13-8-4-3-7-12(13)18-16(19)21-14/h1-9H/b14-9-. The molecule has 2 heterocycles. The van der Waals surface area contributed by atoms with Crippen LogP contribution in [0.2, 0.25) is 0 Å². The molecule has 5 heteroatoms. The fourth-order valence-corrected chi connectivity index (χ4v) is 3.32. The van der Waals surface area contributed by atoms with E-state index >= 15 is 0 Å². The van der Waals surface area contributed by atoms with Crippen LogP contribution >= 0.6 is 11.3 Å². The summed E-state index contributed by atoms with van der Waals surface area (Å²) in [4.78, 5) is 17.6. The van der Waals surface area contributed by atoms with E-state index in [0.29, 0.717) is 15.1 Å². The Labute approximate surface area is 122 Å². The van der Waals surface area contributed by atoms with Crippen molar-refractivity contribution in [2.75, 3.05) is 0 Å². The number of hydrogen-bond acceptors (Lipinski definition) is 3. The first-order chi connectivity index (χ1) is 10.2. The molecule has 0 amide bonds. The molecule has 0 aliphatic carbocycles. The van der Waals surface area contributed by atoms with Crippen LogP contribution in [0.25, 0.3) is 22.1 Å². The lowest BCUT2D eigenvalue weighted by atomic mass is 10.2. The van der Waals surface area contributed by atoms with Crippen molar-refractivity contribution in [2.45, 2.75) is 0 Å². The Morgan fingerprint density at radius 1 is 1.10 bits per heavy atom. The van der Waals surface area contributed by atoms with Crippen LogP contribution in [0.15, 0.2) is 53.3 Å². The number of halogens is 1. The summed E-state index contributed by atoms with van der Waals surface area (Å²) >= 11 is 1.27. The molecule has 0 saturated carbocycles. The highest BCUT2D eigenvalue weighted by atomic mass is 32.1. The van der Waals surface area contributed by atoms with E-state index in [1.165, 1.54) is 17.4 Å². The number of rotatable bonds is 1. The zero-order valence-corrected chi connectivity index (χ0v) is 11.6. The Morgan fingerprint density at radius 2 is 1.86 bits per heavy atom. The van der Waals surface area contributed by atoms with Gasteiger partial charge < -0.3 is 0 Å². The highest BCUT2D eigenvalue weighted by Gasteiger charge is 2.10. The van der Waals surface area contributed by atoms with Gasteiger partial charge in [0.2, 0.25) is 0 Å². The first-order valence-electron chi connectivity index (χ1n) is 6.40. The first-order valence-corrected chi connectivity index (χ1v) is 7.22. The summed E-state index contributed by atoms with van der Waals surface area (Å²) in [5, 5.41) is 0. The quantitative estimate of drug-likeness (QED) is 0.541. The molecule has 0 radical (unpaired) electrons. The molecule has 4 rings (SSSR count). The van der Waals surface area contributed by atoms with Gasteiger partial charge in [0, 0.05) is 5.56 Å². The fraction of sp³-hybridized carbons (Fsp3) is 0. The van der Waals surface area contributed by atoms with Crippen LogP contribution in [0, 0.1) is 5.82 Å². The minimum absolute atomic E-state index is 0.160. The highest BCUT2D eigenvalue weighted by Crippen LogP contribution is 2.15. The van der Waals surface area contributed by atoms with Gasteiger partial charge >= 0.3 is 0 Å². The molecule has 0 unspecified atom stereocenters. The maximum Gasteiger partial charge on any atom is 0.274 e. The topological polar surface area (TPSA) is 34.4 Å². The number of nitrogens with zero attached hydrogens (tertiary/aromatic N) is 2. The van der Waals surface area contributed by atoms with Crippen LogP contribution in [0.4, 0.5) is 4.39 Å². The summed E-state index contributed by atoms with van der Waals surface area (Å²) < 4.78 is 15.7. The zero-order valence-electron chi connectivity index (χ0n) is 10.8. The highest BCUT2D eigenvalue weighted by molar-refractivity contribution is 7.15. The van der Waals surface area contributed by atoms with Crippen LogP contribution in [0.1, 0.15) is 5.56 Å². The minimum atomic E-state index is -0.340. The second-order valence-corrected chi connectivity index (χ2v) is 5.66. The van der Waals surface area contributed by atoms with Crippen LogP contribution < -0.4 is 10.1 Å². The van der Waals surface area contributed by atoms with Crippen LogP contribution in [-0.4, -0.2) is 9.38 Å². The molecule has 0 aliphatic rings. The molecule has 0 fully saturated rings. The molecule has 3 nitrogen and oxygen atoms in total. The SMILES string of the molecule is O=c1/c(=C/c2ccccc2F)sc2nc3ccccc3n12. The van der Waals surface area contributed by atoms with Crippen molar-refractivity contribution >= 4 is 33.4 Å². The van der Waals surface area contributed by atoms with E-state index in [0.717, 1.165) is 11.0 Å². The third-order valence-corrected chi connectivity index (χ3v) is 4.31. The van der Waals surface area contributed by atoms with Crippen molar-refractivity contribution in [1.29, 1.82) is 0 Å². The van der Waals surface area contributed by atoms with Crippen molar-refractivity contribution in [3.63, 3.8) is 0 Å².